The number of rotatable bonds is 9. The lowest BCUT2D eigenvalue weighted by molar-refractivity contribution is -0.115. The first kappa shape index (κ1) is 34.0. The van der Waals surface area contributed by atoms with E-state index in [2.05, 4.69) is 16.0 Å². The van der Waals surface area contributed by atoms with E-state index in [0.717, 1.165) is 6.08 Å². The number of carbonyl (C=O) groups is 5. The third-order valence-corrected chi connectivity index (χ3v) is 9.22. The maximum Gasteiger partial charge on any atom is 0.272 e. The number of carbonyl (C=O) groups excluding carboxylic acids is 5. The fourth-order valence-electron chi connectivity index (χ4n) is 5.32. The maximum absolute atomic E-state index is 14.7. The van der Waals surface area contributed by atoms with Crippen LogP contribution in [0.4, 0.5) is 15.8 Å². The normalized spacial score (nSPS) is 12.7. The molecule has 3 N–H and O–H groups in total. The van der Waals surface area contributed by atoms with E-state index in [-0.39, 0.29) is 55.8 Å². The Morgan fingerprint density at radius 1 is 0.760 bits per heavy atom. The van der Waals surface area contributed by atoms with Crippen LogP contribution in [0.5, 0.6) is 0 Å². The van der Waals surface area contributed by atoms with Gasteiger partial charge in [0.1, 0.15) is 11.5 Å². The van der Waals surface area contributed by atoms with Crippen LogP contribution in [0.1, 0.15) is 54.7 Å². The summed E-state index contributed by atoms with van der Waals surface area (Å²) >= 11 is 7.41. The third kappa shape index (κ3) is 7.26. The van der Waals surface area contributed by atoms with Crippen LogP contribution in [-0.4, -0.2) is 34.5 Å². The molecule has 1 aliphatic carbocycles. The average Bonchev–Trinajstić information content (AvgIpc) is 3.12. The van der Waals surface area contributed by atoms with Gasteiger partial charge in [-0.15, -0.1) is 11.8 Å². The second-order valence-corrected chi connectivity index (χ2v) is 13.0. The van der Waals surface area contributed by atoms with E-state index in [9.17, 15) is 28.4 Å². The number of ketones is 2. The number of anilines is 2. The fraction of sp³-hybridized carbons (Fsp3) is 0.0513. The van der Waals surface area contributed by atoms with Crippen molar-refractivity contribution in [2.75, 3.05) is 10.6 Å². The van der Waals surface area contributed by atoms with Crippen LogP contribution in [0, 0.1) is 5.82 Å². The molecule has 5 aromatic rings. The van der Waals surface area contributed by atoms with Crippen LogP contribution < -0.4 is 16.0 Å². The maximum atomic E-state index is 14.7. The molecular formula is C39H27ClFN3O5S. The summed E-state index contributed by atoms with van der Waals surface area (Å²) in [6.07, 6.45) is 1.16. The molecule has 1 atom stereocenters. The van der Waals surface area contributed by atoms with Crippen molar-refractivity contribution in [3.05, 3.63) is 165 Å². The van der Waals surface area contributed by atoms with Crippen LogP contribution in [-0.2, 0) is 9.59 Å². The summed E-state index contributed by atoms with van der Waals surface area (Å²) < 4.78 is 14.7. The van der Waals surface area contributed by atoms with Crippen molar-refractivity contribution in [2.24, 2.45) is 0 Å². The van der Waals surface area contributed by atoms with Gasteiger partial charge in [0.25, 0.3) is 11.8 Å². The number of fused-ring (bicyclic) bond motifs is 2. The Morgan fingerprint density at radius 2 is 1.42 bits per heavy atom. The zero-order valence-electron chi connectivity index (χ0n) is 26.3. The molecule has 248 valence electrons. The van der Waals surface area contributed by atoms with Crippen LogP contribution in [0.15, 0.2) is 126 Å². The monoisotopic (exact) mass is 703 g/mol. The van der Waals surface area contributed by atoms with E-state index in [1.54, 1.807) is 104 Å². The van der Waals surface area contributed by atoms with Gasteiger partial charge in [-0.3, -0.25) is 24.0 Å². The third-order valence-electron chi connectivity index (χ3n) is 7.80. The van der Waals surface area contributed by atoms with E-state index in [1.807, 2.05) is 0 Å². The van der Waals surface area contributed by atoms with Gasteiger partial charge in [-0.1, -0.05) is 78.3 Å². The van der Waals surface area contributed by atoms with Crippen molar-refractivity contribution in [1.29, 1.82) is 0 Å². The highest BCUT2D eigenvalue weighted by molar-refractivity contribution is 8.00. The molecule has 0 radical (unpaired) electrons. The minimum Gasteiger partial charge on any atom is -0.324 e. The topological polar surface area (TPSA) is 121 Å². The van der Waals surface area contributed by atoms with Crippen LogP contribution >= 0.6 is 23.4 Å². The minimum absolute atomic E-state index is 0.0479. The van der Waals surface area contributed by atoms with Gasteiger partial charge in [-0.2, -0.15) is 0 Å². The molecule has 1 unspecified atom stereocenters. The molecule has 0 saturated heterocycles. The molecule has 0 aliphatic heterocycles. The highest BCUT2D eigenvalue weighted by atomic mass is 35.5. The van der Waals surface area contributed by atoms with Gasteiger partial charge in [0.2, 0.25) is 5.91 Å². The summed E-state index contributed by atoms with van der Waals surface area (Å²) in [4.78, 5) is 66.9. The highest BCUT2D eigenvalue weighted by Gasteiger charge is 2.32. The molecular weight excluding hydrogens is 677 g/mol. The van der Waals surface area contributed by atoms with Crippen molar-refractivity contribution < 1.29 is 28.4 Å². The first-order valence-electron chi connectivity index (χ1n) is 15.3. The average molecular weight is 704 g/mol. The van der Waals surface area contributed by atoms with Gasteiger partial charge in [-0.05, 0) is 61.5 Å². The summed E-state index contributed by atoms with van der Waals surface area (Å²) in [6, 6.07) is 30.3. The quantitative estimate of drug-likeness (QED) is 0.104. The van der Waals surface area contributed by atoms with Gasteiger partial charge < -0.3 is 16.0 Å². The molecule has 1 aliphatic rings. The van der Waals surface area contributed by atoms with Crippen LogP contribution in [0.2, 0.25) is 5.02 Å². The largest absolute Gasteiger partial charge is 0.324 e. The Hall–Kier alpha value is -5.84. The van der Waals surface area contributed by atoms with Crippen molar-refractivity contribution >= 4 is 70.1 Å². The Kier molecular flexibility index (Phi) is 10.0. The predicted molar refractivity (Wildman–Crippen MR) is 192 cm³/mol. The molecule has 50 heavy (non-hydrogen) atoms. The van der Waals surface area contributed by atoms with Crippen molar-refractivity contribution in [3.63, 3.8) is 0 Å². The molecule has 3 amide bonds. The predicted octanol–water partition coefficient (Wildman–Crippen LogP) is 7.78. The molecule has 8 nitrogen and oxygen atoms in total. The number of hydrogen-bond donors (Lipinski definition) is 3. The molecule has 0 heterocycles. The summed E-state index contributed by atoms with van der Waals surface area (Å²) in [5, 5.41) is 7.47. The summed E-state index contributed by atoms with van der Waals surface area (Å²) in [6.45, 7) is 1.68. The molecule has 5 aromatic carbocycles. The van der Waals surface area contributed by atoms with Gasteiger partial charge >= 0.3 is 0 Å². The molecule has 0 bridgehead atoms. The van der Waals surface area contributed by atoms with Gasteiger partial charge in [0.05, 0.1) is 21.5 Å². The van der Waals surface area contributed by atoms with Crippen LogP contribution in [0.25, 0.3) is 6.08 Å². The second-order valence-electron chi connectivity index (χ2n) is 11.2. The molecule has 6 rings (SSSR count). The van der Waals surface area contributed by atoms with E-state index in [4.69, 9.17) is 11.6 Å². The second kappa shape index (κ2) is 14.7. The van der Waals surface area contributed by atoms with E-state index >= 15 is 0 Å². The fourth-order valence-corrected chi connectivity index (χ4v) is 6.47. The van der Waals surface area contributed by atoms with E-state index in [1.165, 1.54) is 30.0 Å². The Balaban J connectivity index is 1.18. The molecule has 0 spiro atoms. The lowest BCUT2D eigenvalue weighted by Gasteiger charge is -2.21. The SMILES string of the molecule is CC(Sc1cccc(NC(=O)/C(=C\c2c(F)cccc2Cl)NC(=O)c2ccccc2)c1)C(=O)Nc1cccc2c1C(=O)c1ccccc1C2=O. The van der Waals surface area contributed by atoms with Gasteiger partial charge in [0.15, 0.2) is 11.6 Å². The zero-order valence-corrected chi connectivity index (χ0v) is 27.9. The first-order valence-corrected chi connectivity index (χ1v) is 16.6. The Morgan fingerprint density at radius 3 is 2.16 bits per heavy atom. The van der Waals surface area contributed by atoms with Gasteiger partial charge in [-0.25, -0.2) is 4.39 Å². The summed E-state index contributed by atoms with van der Waals surface area (Å²) in [5.41, 5.74) is 1.50. The van der Waals surface area contributed by atoms with E-state index in [0.29, 0.717) is 16.1 Å². The highest BCUT2D eigenvalue weighted by Crippen LogP contribution is 2.33. The molecule has 0 saturated carbocycles. The van der Waals surface area contributed by atoms with Crippen LogP contribution in [0.3, 0.4) is 0 Å². The van der Waals surface area contributed by atoms with Crippen molar-refractivity contribution in [2.45, 2.75) is 17.1 Å². The summed E-state index contributed by atoms with van der Waals surface area (Å²) in [7, 11) is 0. The minimum atomic E-state index is -0.740. The zero-order chi connectivity index (χ0) is 35.4. The number of nitrogens with one attached hydrogen (secondary N) is 3. The Labute approximate surface area is 295 Å². The Bertz CT molecular complexity index is 2200. The number of benzene rings is 5. The molecule has 0 fully saturated rings. The number of thioether (sulfide) groups is 1. The van der Waals surface area contributed by atoms with Crippen molar-refractivity contribution in [3.8, 4) is 0 Å². The van der Waals surface area contributed by atoms with Crippen molar-refractivity contribution in [1.82, 2.24) is 5.32 Å². The number of amides is 3. The lowest BCUT2D eigenvalue weighted by Crippen LogP contribution is -2.30. The van der Waals surface area contributed by atoms with E-state index < -0.39 is 28.8 Å². The number of halogens is 2. The number of hydrogen-bond acceptors (Lipinski definition) is 6. The summed E-state index contributed by atoms with van der Waals surface area (Å²) in [5.74, 6) is -3.05. The smallest absolute Gasteiger partial charge is 0.272 e. The lowest BCUT2D eigenvalue weighted by atomic mass is 9.83. The molecule has 11 heteroatoms. The first-order chi connectivity index (χ1) is 24.1. The van der Waals surface area contributed by atoms with Gasteiger partial charge in [0, 0.05) is 38.4 Å². The standard InChI is InChI=1S/C39H27ClFN3O5S/c1-22(37(47)43-32-19-8-16-28-34(32)36(46)27-15-6-5-14-26(27)35(28)45)50-25-13-7-12-24(20-25)42-39(49)33(21-29-30(40)17-9-18-31(29)41)44-38(48)23-10-3-2-4-11-23/h2-22H,1H3,(H,42,49)(H,43,47)(H,44,48)/b33-21+. The molecule has 0 aromatic heterocycles.